The lowest BCUT2D eigenvalue weighted by atomic mass is 9.91. The van der Waals surface area contributed by atoms with Crippen LogP contribution in [0.1, 0.15) is 27.0 Å². The van der Waals surface area contributed by atoms with Crippen molar-refractivity contribution >= 4 is 29.2 Å². The number of para-hydroxylation sites is 1. The van der Waals surface area contributed by atoms with E-state index in [0.29, 0.717) is 33.7 Å². The van der Waals surface area contributed by atoms with Crippen LogP contribution >= 0.6 is 0 Å². The molecule has 0 fully saturated rings. The summed E-state index contributed by atoms with van der Waals surface area (Å²) < 4.78 is 5.08. The molecule has 29 heavy (non-hydrogen) atoms. The van der Waals surface area contributed by atoms with Gasteiger partial charge in [-0.3, -0.25) is 9.59 Å². The van der Waals surface area contributed by atoms with Crippen molar-refractivity contribution in [3.63, 3.8) is 0 Å². The fourth-order valence-electron chi connectivity index (χ4n) is 3.49. The Morgan fingerprint density at radius 1 is 0.897 bits per heavy atom. The third-order valence-corrected chi connectivity index (χ3v) is 4.95. The molecule has 5 heteroatoms. The summed E-state index contributed by atoms with van der Waals surface area (Å²) in [5, 5.41) is 10.1. The smallest absolute Gasteiger partial charge is 0.265 e. The number of carbonyl (C=O) groups is 2. The number of imide groups is 1. The summed E-state index contributed by atoms with van der Waals surface area (Å²) in [5.41, 5.74) is 3.42. The standard InChI is InChI=1S/C24H19NO4/c1-15-7-3-6-10-20(15)25-23(27)18-9-5-4-8-17(18)19(24(25)28)13-16-11-12-22(29-2)21(26)14-16/h3-14,26H,1-2H3/b19-13-. The first-order chi connectivity index (χ1) is 14.0. The third-order valence-electron chi connectivity index (χ3n) is 4.95. The second kappa shape index (κ2) is 7.28. The number of methoxy groups -OCH3 is 1. The molecule has 144 valence electrons. The van der Waals surface area contributed by atoms with Crippen molar-refractivity contribution in [2.24, 2.45) is 0 Å². The van der Waals surface area contributed by atoms with Crippen LogP contribution in [0.15, 0.2) is 66.7 Å². The Bertz CT molecular complexity index is 1160. The normalized spacial score (nSPS) is 14.8. The largest absolute Gasteiger partial charge is 0.504 e. The number of phenols is 1. The van der Waals surface area contributed by atoms with E-state index < -0.39 is 5.91 Å². The zero-order valence-electron chi connectivity index (χ0n) is 16.0. The molecule has 1 N–H and O–H groups in total. The number of hydrogen-bond donors (Lipinski definition) is 1. The molecule has 5 nitrogen and oxygen atoms in total. The van der Waals surface area contributed by atoms with Gasteiger partial charge in [-0.1, -0.05) is 42.5 Å². The van der Waals surface area contributed by atoms with Gasteiger partial charge >= 0.3 is 0 Å². The van der Waals surface area contributed by atoms with Gasteiger partial charge in [0.25, 0.3) is 11.8 Å². The molecule has 4 rings (SSSR count). The van der Waals surface area contributed by atoms with Gasteiger partial charge in [0.15, 0.2) is 11.5 Å². The van der Waals surface area contributed by atoms with Gasteiger partial charge in [-0.15, -0.1) is 0 Å². The molecular formula is C24H19NO4. The molecule has 3 aromatic rings. The Hall–Kier alpha value is -3.86. The second-order valence-corrected chi connectivity index (χ2v) is 6.77. The van der Waals surface area contributed by atoms with E-state index in [-0.39, 0.29) is 11.7 Å². The lowest BCUT2D eigenvalue weighted by Gasteiger charge is -2.29. The zero-order chi connectivity index (χ0) is 20.5. The van der Waals surface area contributed by atoms with Crippen LogP contribution in [0.3, 0.4) is 0 Å². The molecule has 0 unspecified atom stereocenters. The highest BCUT2D eigenvalue weighted by molar-refractivity contribution is 6.43. The highest BCUT2D eigenvalue weighted by Gasteiger charge is 2.36. The van der Waals surface area contributed by atoms with Gasteiger partial charge < -0.3 is 9.84 Å². The second-order valence-electron chi connectivity index (χ2n) is 6.77. The number of carbonyl (C=O) groups excluding carboxylic acids is 2. The summed E-state index contributed by atoms with van der Waals surface area (Å²) in [6, 6.07) is 19.2. The topological polar surface area (TPSA) is 66.8 Å². The van der Waals surface area contributed by atoms with Crippen molar-refractivity contribution in [2.75, 3.05) is 12.0 Å². The summed E-state index contributed by atoms with van der Waals surface area (Å²) >= 11 is 0. The van der Waals surface area contributed by atoms with E-state index in [1.807, 2.05) is 19.1 Å². The number of nitrogens with zero attached hydrogens (tertiary/aromatic N) is 1. The molecule has 0 aliphatic carbocycles. The van der Waals surface area contributed by atoms with E-state index >= 15 is 0 Å². The van der Waals surface area contributed by atoms with Crippen LogP contribution in [0, 0.1) is 6.92 Å². The fourth-order valence-corrected chi connectivity index (χ4v) is 3.49. The molecule has 1 heterocycles. The number of ether oxygens (including phenoxy) is 1. The minimum atomic E-state index is -0.404. The van der Waals surface area contributed by atoms with E-state index in [1.165, 1.54) is 18.1 Å². The maximum atomic E-state index is 13.4. The Kier molecular flexibility index (Phi) is 4.64. The molecule has 1 aliphatic rings. The van der Waals surface area contributed by atoms with E-state index in [1.54, 1.807) is 54.6 Å². The van der Waals surface area contributed by atoms with Gasteiger partial charge in [0.1, 0.15) is 0 Å². The Morgan fingerprint density at radius 3 is 2.28 bits per heavy atom. The van der Waals surface area contributed by atoms with Crippen molar-refractivity contribution in [1.82, 2.24) is 0 Å². The molecule has 3 aromatic carbocycles. The van der Waals surface area contributed by atoms with E-state index in [9.17, 15) is 14.7 Å². The van der Waals surface area contributed by atoms with E-state index in [0.717, 1.165) is 5.56 Å². The van der Waals surface area contributed by atoms with Gasteiger partial charge in [0.05, 0.1) is 12.8 Å². The Balaban J connectivity index is 1.90. The summed E-state index contributed by atoms with van der Waals surface area (Å²) in [5.74, 6) is -0.433. The molecule has 0 atom stereocenters. The van der Waals surface area contributed by atoms with Gasteiger partial charge in [-0.2, -0.15) is 0 Å². The quantitative estimate of drug-likeness (QED) is 0.535. The van der Waals surface area contributed by atoms with Crippen molar-refractivity contribution in [3.05, 3.63) is 89.0 Å². The molecule has 0 radical (unpaired) electrons. The SMILES string of the molecule is COc1ccc(/C=C2\C(=O)N(c3ccccc3C)C(=O)c3ccccc32)cc1O. The predicted molar refractivity (Wildman–Crippen MR) is 112 cm³/mol. The molecule has 0 aromatic heterocycles. The van der Waals surface area contributed by atoms with Gasteiger partial charge in [0.2, 0.25) is 0 Å². The number of aromatic hydroxyl groups is 1. The van der Waals surface area contributed by atoms with Crippen LogP contribution < -0.4 is 9.64 Å². The number of rotatable bonds is 3. The van der Waals surface area contributed by atoms with Crippen molar-refractivity contribution in [2.45, 2.75) is 6.92 Å². The first-order valence-electron chi connectivity index (χ1n) is 9.14. The Morgan fingerprint density at radius 2 is 1.59 bits per heavy atom. The summed E-state index contributed by atoms with van der Waals surface area (Å²) in [6.45, 7) is 1.86. The molecule has 0 saturated carbocycles. The predicted octanol–water partition coefficient (Wildman–Crippen LogP) is 4.44. The van der Waals surface area contributed by atoms with Crippen molar-refractivity contribution in [1.29, 1.82) is 0 Å². The average molecular weight is 385 g/mol. The Labute approximate surface area is 168 Å². The van der Waals surface area contributed by atoms with Gasteiger partial charge in [-0.25, -0.2) is 4.90 Å². The first-order valence-corrected chi connectivity index (χ1v) is 9.14. The van der Waals surface area contributed by atoms with Crippen LogP contribution in [0.2, 0.25) is 0 Å². The highest BCUT2D eigenvalue weighted by atomic mass is 16.5. The summed E-state index contributed by atoms with van der Waals surface area (Å²) in [6.07, 6.45) is 1.68. The van der Waals surface area contributed by atoms with Crippen LogP contribution in [0.5, 0.6) is 11.5 Å². The van der Waals surface area contributed by atoms with Crippen LogP contribution in [0.25, 0.3) is 11.6 Å². The number of aryl methyl sites for hydroxylation is 1. The minimum absolute atomic E-state index is 0.0229. The monoisotopic (exact) mass is 385 g/mol. The minimum Gasteiger partial charge on any atom is -0.504 e. The number of phenolic OH excluding ortho intramolecular Hbond substituents is 1. The van der Waals surface area contributed by atoms with Crippen LogP contribution in [-0.2, 0) is 4.79 Å². The summed E-state index contributed by atoms with van der Waals surface area (Å²) in [7, 11) is 1.47. The zero-order valence-corrected chi connectivity index (χ0v) is 16.0. The molecule has 0 bridgehead atoms. The van der Waals surface area contributed by atoms with Gasteiger partial charge in [-0.05, 0) is 54.0 Å². The highest BCUT2D eigenvalue weighted by Crippen LogP contribution is 2.35. The number of hydrogen-bond acceptors (Lipinski definition) is 4. The average Bonchev–Trinajstić information content (AvgIpc) is 2.73. The number of benzene rings is 3. The van der Waals surface area contributed by atoms with Crippen molar-refractivity contribution < 1.29 is 19.4 Å². The van der Waals surface area contributed by atoms with Crippen LogP contribution in [-0.4, -0.2) is 24.0 Å². The van der Waals surface area contributed by atoms with Gasteiger partial charge in [0, 0.05) is 11.1 Å². The molecular weight excluding hydrogens is 366 g/mol. The van der Waals surface area contributed by atoms with Crippen LogP contribution in [0.4, 0.5) is 5.69 Å². The van der Waals surface area contributed by atoms with Crippen molar-refractivity contribution in [3.8, 4) is 11.5 Å². The fraction of sp³-hybridized carbons (Fsp3) is 0.0833. The number of amides is 2. The first kappa shape index (κ1) is 18.5. The third kappa shape index (κ3) is 3.17. The lowest BCUT2D eigenvalue weighted by molar-refractivity contribution is -0.112. The lowest BCUT2D eigenvalue weighted by Crippen LogP contribution is -2.42. The van der Waals surface area contributed by atoms with E-state index in [4.69, 9.17) is 4.74 Å². The number of fused-ring (bicyclic) bond motifs is 1. The molecule has 0 saturated heterocycles. The molecule has 2 amide bonds. The molecule has 0 spiro atoms. The maximum Gasteiger partial charge on any atom is 0.265 e. The number of anilines is 1. The van der Waals surface area contributed by atoms with E-state index in [2.05, 4.69) is 0 Å². The maximum absolute atomic E-state index is 13.4. The summed E-state index contributed by atoms with van der Waals surface area (Å²) in [4.78, 5) is 27.8. The molecule has 1 aliphatic heterocycles.